The largest absolute Gasteiger partial charge is 0.370 e. The van der Waals surface area contributed by atoms with Gasteiger partial charge in [0.2, 0.25) is 0 Å². The van der Waals surface area contributed by atoms with Crippen molar-refractivity contribution in [3.8, 4) is 0 Å². The first-order chi connectivity index (χ1) is 8.38. The van der Waals surface area contributed by atoms with Gasteiger partial charge in [-0.2, -0.15) is 0 Å². The van der Waals surface area contributed by atoms with E-state index in [1.807, 2.05) is 0 Å². The van der Waals surface area contributed by atoms with Gasteiger partial charge in [-0.25, -0.2) is 4.98 Å². The lowest BCUT2D eigenvalue weighted by Crippen LogP contribution is -2.39. The molecular formula is C13H19BrN2O2. The van der Waals surface area contributed by atoms with Crippen LogP contribution in [0, 0.1) is 5.41 Å². The summed E-state index contributed by atoms with van der Waals surface area (Å²) in [7, 11) is 1.69. The van der Waals surface area contributed by atoms with Crippen molar-refractivity contribution in [1.29, 1.82) is 0 Å². The third-order valence-electron chi connectivity index (χ3n) is 3.99. The van der Waals surface area contributed by atoms with Crippen molar-refractivity contribution in [2.45, 2.75) is 45.1 Å². The van der Waals surface area contributed by atoms with Crippen molar-refractivity contribution in [1.82, 2.24) is 9.97 Å². The number of rotatable bonds is 2. The third-order valence-corrected chi connectivity index (χ3v) is 4.55. The SMILES string of the molecule is COC1(c2ncc(Br)c(=O)[nH]2)CCC(C)(C)CC1. The lowest BCUT2D eigenvalue weighted by molar-refractivity contribution is -0.0731. The van der Waals surface area contributed by atoms with Crippen LogP contribution in [-0.2, 0) is 10.3 Å². The molecule has 1 saturated carbocycles. The fraction of sp³-hybridized carbons (Fsp3) is 0.692. The second kappa shape index (κ2) is 4.78. The van der Waals surface area contributed by atoms with Crippen molar-refractivity contribution in [3.05, 3.63) is 26.8 Å². The van der Waals surface area contributed by atoms with Gasteiger partial charge in [-0.15, -0.1) is 0 Å². The number of halogens is 1. The monoisotopic (exact) mass is 314 g/mol. The second-order valence-corrected chi connectivity index (χ2v) is 6.63. The van der Waals surface area contributed by atoms with Crippen LogP contribution < -0.4 is 5.56 Å². The minimum Gasteiger partial charge on any atom is -0.370 e. The summed E-state index contributed by atoms with van der Waals surface area (Å²) in [6.07, 6.45) is 5.47. The Labute approximate surface area is 115 Å². The molecule has 0 atom stereocenters. The zero-order valence-electron chi connectivity index (χ0n) is 11.0. The summed E-state index contributed by atoms with van der Waals surface area (Å²) in [5.41, 5.74) is -0.242. The number of aromatic amines is 1. The van der Waals surface area contributed by atoms with Crippen LogP contribution in [0.3, 0.4) is 0 Å². The summed E-state index contributed by atoms with van der Waals surface area (Å²) < 4.78 is 6.16. The Balaban J connectivity index is 2.33. The Hall–Kier alpha value is -0.680. The van der Waals surface area contributed by atoms with Crippen LogP contribution in [0.15, 0.2) is 15.5 Å². The molecular weight excluding hydrogens is 296 g/mol. The lowest BCUT2D eigenvalue weighted by Gasteiger charge is -2.41. The molecule has 4 nitrogen and oxygen atoms in total. The van der Waals surface area contributed by atoms with E-state index >= 15 is 0 Å². The number of nitrogens with one attached hydrogen (secondary N) is 1. The van der Waals surface area contributed by atoms with E-state index in [9.17, 15) is 4.79 Å². The maximum atomic E-state index is 11.7. The molecule has 0 saturated heterocycles. The van der Waals surface area contributed by atoms with Gasteiger partial charge in [-0.3, -0.25) is 4.79 Å². The minimum absolute atomic E-state index is 0.152. The van der Waals surface area contributed by atoms with Gasteiger partial charge in [0.25, 0.3) is 5.56 Å². The zero-order valence-corrected chi connectivity index (χ0v) is 12.6. The van der Waals surface area contributed by atoms with E-state index in [1.165, 1.54) is 0 Å². The molecule has 1 aromatic heterocycles. The molecule has 1 aromatic rings. The molecule has 1 heterocycles. The van der Waals surface area contributed by atoms with Gasteiger partial charge in [0.1, 0.15) is 15.9 Å². The number of ether oxygens (including phenoxy) is 1. The highest BCUT2D eigenvalue weighted by Gasteiger charge is 2.41. The first-order valence-electron chi connectivity index (χ1n) is 6.19. The van der Waals surface area contributed by atoms with Crippen LogP contribution in [-0.4, -0.2) is 17.1 Å². The number of aromatic nitrogens is 2. The summed E-state index contributed by atoms with van der Waals surface area (Å²) in [5.74, 6) is 0.647. The third kappa shape index (κ3) is 2.52. The van der Waals surface area contributed by atoms with Gasteiger partial charge >= 0.3 is 0 Å². The Morgan fingerprint density at radius 3 is 2.44 bits per heavy atom. The van der Waals surface area contributed by atoms with E-state index in [4.69, 9.17) is 4.74 Å². The summed E-state index contributed by atoms with van der Waals surface area (Å²) in [6.45, 7) is 4.54. The summed E-state index contributed by atoms with van der Waals surface area (Å²) in [5, 5.41) is 0. The molecule has 1 aliphatic carbocycles. The molecule has 0 unspecified atom stereocenters. The van der Waals surface area contributed by atoms with Gasteiger partial charge in [-0.1, -0.05) is 13.8 Å². The number of hydrogen-bond acceptors (Lipinski definition) is 3. The van der Waals surface area contributed by atoms with E-state index in [0.29, 0.717) is 15.7 Å². The standard InChI is InChI=1S/C13H19BrN2O2/c1-12(2)4-6-13(18-3,7-5-12)11-15-8-9(14)10(17)16-11/h8H,4-7H2,1-3H3,(H,15,16,17). The number of methoxy groups -OCH3 is 1. The molecule has 2 rings (SSSR count). The highest BCUT2D eigenvalue weighted by Crippen LogP contribution is 2.45. The van der Waals surface area contributed by atoms with Gasteiger partial charge in [0.15, 0.2) is 0 Å². The molecule has 0 radical (unpaired) electrons. The van der Waals surface area contributed by atoms with Crippen molar-refractivity contribution < 1.29 is 4.74 Å². The maximum absolute atomic E-state index is 11.7. The van der Waals surface area contributed by atoms with E-state index in [0.717, 1.165) is 25.7 Å². The average Bonchev–Trinajstić information content (AvgIpc) is 2.34. The summed E-state index contributed by atoms with van der Waals surface area (Å²) >= 11 is 3.16. The van der Waals surface area contributed by atoms with E-state index in [-0.39, 0.29) is 5.56 Å². The lowest BCUT2D eigenvalue weighted by atomic mass is 9.70. The highest BCUT2D eigenvalue weighted by atomic mass is 79.9. The Bertz CT molecular complexity index is 486. The molecule has 0 aromatic carbocycles. The van der Waals surface area contributed by atoms with Crippen LogP contribution in [0.4, 0.5) is 0 Å². The Morgan fingerprint density at radius 2 is 1.94 bits per heavy atom. The van der Waals surface area contributed by atoms with E-state index in [1.54, 1.807) is 13.3 Å². The fourth-order valence-corrected chi connectivity index (χ4v) is 2.68. The molecule has 0 amide bonds. The van der Waals surface area contributed by atoms with Crippen molar-refractivity contribution in [2.75, 3.05) is 7.11 Å². The number of hydrogen-bond donors (Lipinski definition) is 1. The van der Waals surface area contributed by atoms with Crippen LogP contribution in [0.1, 0.15) is 45.4 Å². The fourth-order valence-electron chi connectivity index (χ4n) is 2.48. The van der Waals surface area contributed by atoms with Crippen molar-refractivity contribution in [3.63, 3.8) is 0 Å². The molecule has 5 heteroatoms. The maximum Gasteiger partial charge on any atom is 0.265 e. The van der Waals surface area contributed by atoms with E-state index < -0.39 is 5.60 Å². The predicted octanol–water partition coefficient (Wildman–Crippen LogP) is 2.97. The molecule has 1 N–H and O–H groups in total. The average molecular weight is 315 g/mol. The molecule has 1 aliphatic rings. The van der Waals surface area contributed by atoms with Gasteiger partial charge in [0, 0.05) is 13.3 Å². The van der Waals surface area contributed by atoms with Crippen molar-refractivity contribution in [2.24, 2.45) is 5.41 Å². The first-order valence-corrected chi connectivity index (χ1v) is 6.98. The molecule has 18 heavy (non-hydrogen) atoms. The van der Waals surface area contributed by atoms with Gasteiger partial charge in [0.05, 0.1) is 0 Å². The second-order valence-electron chi connectivity index (χ2n) is 5.77. The normalized spacial score (nSPS) is 21.8. The Kier molecular flexibility index (Phi) is 3.65. The van der Waals surface area contributed by atoms with Crippen LogP contribution in [0.2, 0.25) is 0 Å². The summed E-state index contributed by atoms with van der Waals surface area (Å²) in [6, 6.07) is 0. The number of nitrogens with zero attached hydrogens (tertiary/aromatic N) is 1. The zero-order chi connectivity index (χ0) is 13.4. The first kappa shape index (κ1) is 13.7. The molecule has 0 spiro atoms. The smallest absolute Gasteiger partial charge is 0.265 e. The molecule has 0 bridgehead atoms. The summed E-state index contributed by atoms with van der Waals surface area (Å²) in [4.78, 5) is 18.8. The van der Waals surface area contributed by atoms with Crippen LogP contribution in [0.5, 0.6) is 0 Å². The van der Waals surface area contributed by atoms with Crippen LogP contribution >= 0.6 is 15.9 Å². The van der Waals surface area contributed by atoms with Gasteiger partial charge < -0.3 is 9.72 Å². The minimum atomic E-state index is -0.435. The van der Waals surface area contributed by atoms with Crippen molar-refractivity contribution >= 4 is 15.9 Å². The molecule has 0 aliphatic heterocycles. The number of H-pyrrole nitrogens is 1. The molecule has 100 valence electrons. The topological polar surface area (TPSA) is 55.0 Å². The van der Waals surface area contributed by atoms with Crippen LogP contribution in [0.25, 0.3) is 0 Å². The Morgan fingerprint density at radius 1 is 1.33 bits per heavy atom. The highest BCUT2D eigenvalue weighted by molar-refractivity contribution is 9.10. The quantitative estimate of drug-likeness (QED) is 0.913. The van der Waals surface area contributed by atoms with E-state index in [2.05, 4.69) is 39.7 Å². The predicted molar refractivity (Wildman–Crippen MR) is 73.5 cm³/mol. The molecule has 1 fully saturated rings. The van der Waals surface area contributed by atoms with Gasteiger partial charge in [-0.05, 0) is 47.0 Å².